The van der Waals surface area contributed by atoms with Crippen molar-refractivity contribution in [3.05, 3.63) is 0 Å². The first-order valence-electron chi connectivity index (χ1n) is 10.1. The van der Waals surface area contributed by atoms with Crippen molar-refractivity contribution in [2.24, 2.45) is 5.92 Å². The van der Waals surface area contributed by atoms with E-state index < -0.39 is 10.4 Å². The third-order valence-corrected chi connectivity index (χ3v) is 5.05. The molecular weight excluding hydrogens is 363 g/mol. The van der Waals surface area contributed by atoms with Crippen LogP contribution in [0, 0.1) is 5.92 Å². The van der Waals surface area contributed by atoms with E-state index in [4.69, 9.17) is 0 Å². The molecule has 1 unspecified atom stereocenters. The van der Waals surface area contributed by atoms with Crippen molar-refractivity contribution in [2.75, 3.05) is 6.61 Å². The van der Waals surface area contributed by atoms with Crippen LogP contribution in [0.3, 0.4) is 0 Å². The minimum absolute atomic E-state index is 0. The van der Waals surface area contributed by atoms with Crippen molar-refractivity contribution in [1.82, 2.24) is 0 Å². The van der Waals surface area contributed by atoms with Crippen LogP contribution < -0.4 is 51.4 Å². The van der Waals surface area contributed by atoms with E-state index in [9.17, 15) is 13.0 Å². The molecule has 0 saturated heterocycles. The molecule has 146 valence electrons. The maximum absolute atomic E-state index is 10.7. The van der Waals surface area contributed by atoms with Gasteiger partial charge in [-0.3, -0.25) is 4.18 Å². The summed E-state index contributed by atoms with van der Waals surface area (Å²) in [5, 5.41) is 0. The van der Waals surface area contributed by atoms with Crippen molar-refractivity contribution in [3.8, 4) is 0 Å². The Hall–Kier alpha value is 1.51. The number of hydrogen-bond donors (Lipinski definition) is 0. The molecule has 0 rings (SSSR count). The van der Waals surface area contributed by atoms with Gasteiger partial charge in [-0.25, -0.2) is 8.42 Å². The molecule has 0 saturated carbocycles. The summed E-state index contributed by atoms with van der Waals surface area (Å²) in [5.41, 5.74) is 0. The zero-order chi connectivity index (χ0) is 18.1. The molecule has 0 heterocycles. The topological polar surface area (TPSA) is 66.4 Å². The van der Waals surface area contributed by atoms with E-state index >= 15 is 0 Å². The normalized spacial score (nSPS) is 12.8. The average molecular weight is 403 g/mol. The second-order valence-electron chi connectivity index (χ2n) is 7.03. The van der Waals surface area contributed by atoms with Gasteiger partial charge in [0, 0.05) is 0 Å². The standard InChI is InChI=1S/C19H40O4S.K/c1-3-5-7-9-11-13-15-17-19(18-23-24(20,21)22)16-14-12-10-8-6-4-2;/h19H,3-18H2,1-2H3,(H,20,21,22);/q;+1/p-1. The van der Waals surface area contributed by atoms with Gasteiger partial charge in [-0.1, -0.05) is 97.3 Å². The van der Waals surface area contributed by atoms with Crippen molar-refractivity contribution in [1.29, 1.82) is 0 Å². The van der Waals surface area contributed by atoms with Gasteiger partial charge in [0.1, 0.15) is 0 Å². The summed E-state index contributed by atoms with van der Waals surface area (Å²) >= 11 is 0. The van der Waals surface area contributed by atoms with Gasteiger partial charge in [-0.2, -0.15) is 0 Å². The molecule has 6 heteroatoms. The summed E-state index contributed by atoms with van der Waals surface area (Å²) in [6.45, 7) is 4.49. The van der Waals surface area contributed by atoms with Gasteiger partial charge in [-0.05, 0) is 18.8 Å². The summed E-state index contributed by atoms with van der Waals surface area (Å²) < 4.78 is 36.6. The van der Waals surface area contributed by atoms with Gasteiger partial charge in [0.05, 0.1) is 6.61 Å². The summed E-state index contributed by atoms with van der Waals surface area (Å²) in [6, 6.07) is 0. The first-order chi connectivity index (χ1) is 11.5. The molecular formula is C19H39KO4S. The van der Waals surface area contributed by atoms with E-state index in [1.807, 2.05) is 0 Å². The molecule has 0 amide bonds. The molecule has 0 aromatic rings. The molecule has 4 nitrogen and oxygen atoms in total. The molecule has 0 aliphatic rings. The summed E-state index contributed by atoms with van der Waals surface area (Å²) in [6.07, 6.45) is 18.0. The molecule has 25 heavy (non-hydrogen) atoms. The van der Waals surface area contributed by atoms with E-state index in [1.54, 1.807) is 0 Å². The molecule has 0 fully saturated rings. The monoisotopic (exact) mass is 402 g/mol. The van der Waals surface area contributed by atoms with Crippen molar-refractivity contribution < 1.29 is 68.5 Å². The Morgan fingerprint density at radius 3 is 1.44 bits per heavy atom. The van der Waals surface area contributed by atoms with Crippen LogP contribution in [0.1, 0.15) is 110 Å². The Morgan fingerprint density at radius 1 is 0.720 bits per heavy atom. The molecule has 0 aliphatic carbocycles. The molecule has 0 N–H and O–H groups in total. The molecule has 0 bridgehead atoms. The Balaban J connectivity index is 0. The van der Waals surface area contributed by atoms with Crippen LogP contribution in [0.4, 0.5) is 0 Å². The van der Waals surface area contributed by atoms with Crippen LogP contribution in [0.15, 0.2) is 0 Å². The van der Waals surface area contributed by atoms with Crippen LogP contribution in [-0.4, -0.2) is 19.6 Å². The van der Waals surface area contributed by atoms with Gasteiger partial charge in [0.15, 0.2) is 0 Å². The fraction of sp³-hybridized carbons (Fsp3) is 1.00. The fourth-order valence-electron chi connectivity index (χ4n) is 3.09. The average Bonchev–Trinajstić information content (AvgIpc) is 2.53. The third-order valence-electron chi connectivity index (χ3n) is 4.63. The predicted octanol–water partition coefficient (Wildman–Crippen LogP) is 2.97. The molecule has 0 spiro atoms. The van der Waals surface area contributed by atoms with Gasteiger partial charge in [0.2, 0.25) is 10.4 Å². The van der Waals surface area contributed by atoms with E-state index in [0.717, 1.165) is 25.7 Å². The zero-order valence-corrected chi connectivity index (χ0v) is 20.9. The number of unbranched alkanes of at least 4 members (excludes halogenated alkanes) is 11. The van der Waals surface area contributed by atoms with Crippen LogP contribution >= 0.6 is 0 Å². The zero-order valence-electron chi connectivity index (χ0n) is 16.9. The minimum Gasteiger partial charge on any atom is -0.726 e. The van der Waals surface area contributed by atoms with Crippen LogP contribution in [0.5, 0.6) is 0 Å². The first kappa shape index (κ1) is 28.7. The summed E-state index contributed by atoms with van der Waals surface area (Å²) in [7, 11) is -4.56. The van der Waals surface area contributed by atoms with Crippen molar-refractivity contribution in [3.63, 3.8) is 0 Å². The maximum atomic E-state index is 10.7. The SMILES string of the molecule is CCCCCCCCCC(CCCCCCCC)COS(=O)(=O)[O-].[K+]. The largest absolute Gasteiger partial charge is 1.00 e. The van der Waals surface area contributed by atoms with Gasteiger partial charge in [0.25, 0.3) is 0 Å². The van der Waals surface area contributed by atoms with E-state index in [0.29, 0.717) is 0 Å². The molecule has 1 atom stereocenters. The quantitative estimate of drug-likeness (QED) is 0.153. The smallest absolute Gasteiger partial charge is 0.726 e. The fourth-order valence-corrected chi connectivity index (χ4v) is 3.45. The number of hydrogen-bond acceptors (Lipinski definition) is 4. The van der Waals surface area contributed by atoms with Crippen LogP contribution in [-0.2, 0) is 14.6 Å². The van der Waals surface area contributed by atoms with Crippen molar-refractivity contribution in [2.45, 2.75) is 110 Å². The molecule has 0 aliphatic heterocycles. The van der Waals surface area contributed by atoms with Crippen LogP contribution in [0.25, 0.3) is 0 Å². The maximum Gasteiger partial charge on any atom is 1.00 e. The molecule has 0 aromatic carbocycles. The predicted molar refractivity (Wildman–Crippen MR) is 99.7 cm³/mol. The third kappa shape index (κ3) is 23.5. The molecule has 0 radical (unpaired) electrons. The van der Waals surface area contributed by atoms with Crippen molar-refractivity contribution >= 4 is 10.4 Å². The minimum atomic E-state index is -4.56. The second-order valence-corrected chi connectivity index (χ2v) is 8.08. The van der Waals surface area contributed by atoms with E-state index in [-0.39, 0.29) is 63.9 Å². The first-order valence-corrected chi connectivity index (χ1v) is 11.4. The number of rotatable bonds is 18. The van der Waals surface area contributed by atoms with Crippen LogP contribution in [0.2, 0.25) is 0 Å². The van der Waals surface area contributed by atoms with Gasteiger partial charge in [-0.15, -0.1) is 0 Å². The Bertz CT molecular complexity index is 360. The molecule has 0 aromatic heterocycles. The van der Waals surface area contributed by atoms with E-state index in [2.05, 4.69) is 18.0 Å². The van der Waals surface area contributed by atoms with Gasteiger partial charge >= 0.3 is 51.4 Å². The summed E-state index contributed by atoms with van der Waals surface area (Å²) in [4.78, 5) is 0. The van der Waals surface area contributed by atoms with Gasteiger partial charge < -0.3 is 4.55 Å². The Labute approximate surface area is 199 Å². The Morgan fingerprint density at radius 2 is 1.08 bits per heavy atom. The second kappa shape index (κ2) is 20.2. The van der Waals surface area contributed by atoms with E-state index in [1.165, 1.54) is 70.6 Å². The Kier molecular flexibility index (Phi) is 23.3. The summed E-state index contributed by atoms with van der Waals surface area (Å²) in [5.74, 6) is 0.204.